The van der Waals surface area contributed by atoms with Crippen LogP contribution in [0.1, 0.15) is 18.4 Å². The zero-order valence-corrected chi connectivity index (χ0v) is 14.8. The predicted octanol–water partition coefficient (Wildman–Crippen LogP) is 5.75. The van der Waals surface area contributed by atoms with Gasteiger partial charge in [0.2, 0.25) is 5.91 Å². The Morgan fingerprint density at radius 2 is 1.78 bits per heavy atom. The van der Waals surface area contributed by atoms with Gasteiger partial charge in [0.15, 0.2) is 0 Å². The Morgan fingerprint density at radius 1 is 1.09 bits per heavy atom. The first-order valence-electron chi connectivity index (χ1n) is 7.09. The molecule has 0 aliphatic rings. The first kappa shape index (κ1) is 17.9. The topological polar surface area (TPSA) is 38.3 Å². The van der Waals surface area contributed by atoms with Crippen LogP contribution in [0.2, 0.25) is 15.1 Å². The number of aryl methyl sites for hydroxylation is 1. The van der Waals surface area contributed by atoms with E-state index in [1.807, 2.05) is 13.0 Å². The van der Waals surface area contributed by atoms with E-state index >= 15 is 0 Å². The van der Waals surface area contributed by atoms with Crippen molar-refractivity contribution < 1.29 is 9.53 Å². The van der Waals surface area contributed by atoms with Crippen molar-refractivity contribution in [2.75, 3.05) is 11.9 Å². The molecule has 0 saturated carbocycles. The lowest BCUT2D eigenvalue weighted by molar-refractivity contribution is -0.116. The van der Waals surface area contributed by atoms with Gasteiger partial charge in [0.05, 0.1) is 11.6 Å². The quantitative estimate of drug-likeness (QED) is 0.655. The fraction of sp³-hybridized carbons (Fsp3) is 0.235. The Hall–Kier alpha value is -1.42. The summed E-state index contributed by atoms with van der Waals surface area (Å²) in [4.78, 5) is 11.9. The van der Waals surface area contributed by atoms with Gasteiger partial charge in [-0.05, 0) is 55.3 Å². The third kappa shape index (κ3) is 5.61. The van der Waals surface area contributed by atoms with Crippen LogP contribution < -0.4 is 10.1 Å². The molecular formula is C17H16Cl3NO2. The minimum Gasteiger partial charge on any atom is -0.492 e. The number of carbonyl (C=O) groups excluding carboxylic acids is 1. The van der Waals surface area contributed by atoms with E-state index in [-0.39, 0.29) is 5.91 Å². The van der Waals surface area contributed by atoms with E-state index in [4.69, 9.17) is 39.5 Å². The summed E-state index contributed by atoms with van der Waals surface area (Å²) in [6, 6.07) is 10.4. The molecule has 3 nitrogen and oxygen atoms in total. The zero-order valence-electron chi connectivity index (χ0n) is 12.5. The summed E-state index contributed by atoms with van der Waals surface area (Å²) in [5.41, 5.74) is 1.69. The number of nitrogens with one attached hydrogen (secondary N) is 1. The largest absolute Gasteiger partial charge is 0.492 e. The molecule has 2 aromatic carbocycles. The molecule has 0 spiro atoms. The molecule has 6 heteroatoms. The number of rotatable bonds is 6. The van der Waals surface area contributed by atoms with Crippen molar-refractivity contribution >= 4 is 46.4 Å². The Kier molecular flexibility index (Phi) is 6.58. The summed E-state index contributed by atoms with van der Waals surface area (Å²) in [6.45, 7) is 2.29. The fourth-order valence-electron chi connectivity index (χ4n) is 1.99. The normalized spacial score (nSPS) is 10.4. The summed E-state index contributed by atoms with van der Waals surface area (Å²) in [6.07, 6.45) is 0.935. The van der Waals surface area contributed by atoms with Crippen LogP contribution in [0.25, 0.3) is 0 Å². The average Bonchev–Trinajstić information content (AvgIpc) is 2.48. The highest BCUT2D eigenvalue weighted by atomic mass is 35.5. The fourth-order valence-corrected chi connectivity index (χ4v) is 2.68. The van der Waals surface area contributed by atoms with Crippen molar-refractivity contribution in [3.05, 3.63) is 57.0 Å². The molecule has 0 aliphatic heterocycles. The Balaban J connectivity index is 1.76. The van der Waals surface area contributed by atoms with Crippen molar-refractivity contribution in [1.82, 2.24) is 0 Å². The summed E-state index contributed by atoms with van der Waals surface area (Å²) in [5.74, 6) is 0.492. The maximum atomic E-state index is 11.9. The molecule has 2 aromatic rings. The molecule has 0 saturated heterocycles. The maximum absolute atomic E-state index is 11.9. The zero-order chi connectivity index (χ0) is 16.8. The molecule has 0 aliphatic carbocycles. The van der Waals surface area contributed by atoms with Gasteiger partial charge in [-0.2, -0.15) is 0 Å². The van der Waals surface area contributed by atoms with E-state index in [2.05, 4.69) is 5.32 Å². The van der Waals surface area contributed by atoms with Crippen molar-refractivity contribution in [2.24, 2.45) is 0 Å². The second kappa shape index (κ2) is 8.44. The number of ether oxygens (including phenoxy) is 1. The van der Waals surface area contributed by atoms with Gasteiger partial charge in [-0.1, -0.05) is 34.8 Å². The third-order valence-corrected chi connectivity index (χ3v) is 3.93. The van der Waals surface area contributed by atoms with Crippen LogP contribution in [0.3, 0.4) is 0 Å². The number of amides is 1. The van der Waals surface area contributed by atoms with E-state index in [1.165, 1.54) is 0 Å². The summed E-state index contributed by atoms with van der Waals surface area (Å²) in [7, 11) is 0. The number of benzene rings is 2. The average molecular weight is 373 g/mol. The number of halogens is 3. The van der Waals surface area contributed by atoms with E-state index in [1.54, 1.807) is 30.3 Å². The minimum absolute atomic E-state index is 0.0683. The SMILES string of the molecule is Cc1cc(Cl)ccc1NC(=O)CCCOc1ccc(Cl)cc1Cl. The van der Waals surface area contributed by atoms with Crippen LogP contribution in [-0.4, -0.2) is 12.5 Å². The van der Waals surface area contributed by atoms with Gasteiger partial charge < -0.3 is 10.1 Å². The molecule has 0 aromatic heterocycles. The number of anilines is 1. The van der Waals surface area contributed by atoms with Crippen molar-refractivity contribution in [1.29, 1.82) is 0 Å². The van der Waals surface area contributed by atoms with Gasteiger partial charge in [-0.15, -0.1) is 0 Å². The molecule has 0 bridgehead atoms. The minimum atomic E-state index is -0.0683. The Bertz CT molecular complexity index is 704. The molecule has 1 N–H and O–H groups in total. The lowest BCUT2D eigenvalue weighted by Gasteiger charge is -2.10. The van der Waals surface area contributed by atoms with Gasteiger partial charge in [0, 0.05) is 22.2 Å². The Labute approximate surface area is 150 Å². The highest BCUT2D eigenvalue weighted by molar-refractivity contribution is 6.35. The van der Waals surface area contributed by atoms with Gasteiger partial charge in [0.1, 0.15) is 5.75 Å². The third-order valence-electron chi connectivity index (χ3n) is 3.16. The number of carbonyl (C=O) groups is 1. The van der Waals surface area contributed by atoms with E-state index in [0.29, 0.717) is 40.3 Å². The summed E-state index contributed by atoms with van der Waals surface area (Å²) >= 11 is 17.7. The van der Waals surface area contributed by atoms with Crippen LogP contribution >= 0.6 is 34.8 Å². The lowest BCUT2D eigenvalue weighted by Crippen LogP contribution is -2.13. The van der Waals surface area contributed by atoms with E-state index < -0.39 is 0 Å². The van der Waals surface area contributed by atoms with Gasteiger partial charge in [-0.3, -0.25) is 4.79 Å². The van der Waals surface area contributed by atoms with Crippen molar-refractivity contribution in [2.45, 2.75) is 19.8 Å². The first-order chi connectivity index (χ1) is 11.0. The molecule has 0 unspecified atom stereocenters. The second-order valence-electron chi connectivity index (χ2n) is 5.03. The molecule has 0 heterocycles. The van der Waals surface area contributed by atoms with Crippen molar-refractivity contribution in [3.63, 3.8) is 0 Å². The standard InChI is InChI=1S/C17H16Cl3NO2/c1-11-9-12(18)4-6-15(11)21-17(22)3-2-8-23-16-7-5-13(19)10-14(16)20/h4-7,9-10H,2-3,8H2,1H3,(H,21,22). The van der Waals surface area contributed by atoms with Gasteiger partial charge >= 0.3 is 0 Å². The molecule has 122 valence electrons. The predicted molar refractivity (Wildman–Crippen MR) is 96.0 cm³/mol. The first-order valence-corrected chi connectivity index (χ1v) is 8.23. The van der Waals surface area contributed by atoms with Crippen LogP contribution in [-0.2, 0) is 4.79 Å². The number of hydrogen-bond donors (Lipinski definition) is 1. The molecule has 2 rings (SSSR count). The van der Waals surface area contributed by atoms with Gasteiger partial charge in [0.25, 0.3) is 0 Å². The van der Waals surface area contributed by atoms with E-state index in [9.17, 15) is 4.79 Å². The summed E-state index contributed by atoms with van der Waals surface area (Å²) in [5, 5.41) is 4.52. The summed E-state index contributed by atoms with van der Waals surface area (Å²) < 4.78 is 5.54. The Morgan fingerprint density at radius 3 is 2.48 bits per heavy atom. The highest BCUT2D eigenvalue weighted by Crippen LogP contribution is 2.27. The monoisotopic (exact) mass is 371 g/mol. The maximum Gasteiger partial charge on any atom is 0.224 e. The second-order valence-corrected chi connectivity index (χ2v) is 6.31. The molecule has 0 fully saturated rings. The molecule has 0 radical (unpaired) electrons. The van der Waals surface area contributed by atoms with Gasteiger partial charge in [-0.25, -0.2) is 0 Å². The van der Waals surface area contributed by atoms with Crippen molar-refractivity contribution in [3.8, 4) is 5.75 Å². The van der Waals surface area contributed by atoms with E-state index in [0.717, 1.165) is 11.3 Å². The van der Waals surface area contributed by atoms with Crippen LogP contribution in [0, 0.1) is 6.92 Å². The van der Waals surface area contributed by atoms with Crippen LogP contribution in [0.15, 0.2) is 36.4 Å². The smallest absolute Gasteiger partial charge is 0.224 e. The van der Waals surface area contributed by atoms with Crippen LogP contribution in [0.4, 0.5) is 5.69 Å². The number of hydrogen-bond acceptors (Lipinski definition) is 2. The molecule has 23 heavy (non-hydrogen) atoms. The molecule has 0 atom stereocenters. The highest BCUT2D eigenvalue weighted by Gasteiger charge is 2.06. The molecular weight excluding hydrogens is 357 g/mol. The lowest BCUT2D eigenvalue weighted by atomic mass is 10.2. The van der Waals surface area contributed by atoms with Crippen LogP contribution in [0.5, 0.6) is 5.75 Å². The molecule has 1 amide bonds.